The van der Waals surface area contributed by atoms with Gasteiger partial charge in [-0.25, -0.2) is 0 Å². The van der Waals surface area contributed by atoms with Crippen LogP contribution in [-0.4, -0.2) is 13.7 Å². The SMILES string of the molecule is COc1c(C)cc(Br)c(C2(CN)CCCC2)c1C. The van der Waals surface area contributed by atoms with Crippen molar-refractivity contribution in [1.82, 2.24) is 0 Å². The number of nitrogens with two attached hydrogens (primary N) is 1. The van der Waals surface area contributed by atoms with Crippen LogP contribution in [0.25, 0.3) is 0 Å². The third-order valence-electron chi connectivity index (χ3n) is 4.34. The summed E-state index contributed by atoms with van der Waals surface area (Å²) in [4.78, 5) is 0. The molecule has 1 aliphatic rings. The molecular formula is C15H22BrNO. The zero-order chi connectivity index (χ0) is 13.3. The van der Waals surface area contributed by atoms with E-state index in [1.807, 2.05) is 0 Å². The second-order valence-corrected chi connectivity index (χ2v) is 6.25. The van der Waals surface area contributed by atoms with Crippen LogP contribution in [0.2, 0.25) is 0 Å². The number of aryl methyl sites for hydroxylation is 1. The Labute approximate surface area is 118 Å². The van der Waals surface area contributed by atoms with E-state index in [0.29, 0.717) is 0 Å². The molecule has 100 valence electrons. The standard InChI is InChI=1S/C15H22BrNO/c1-10-8-12(16)13(11(2)14(10)18-3)15(9-17)6-4-5-7-15/h8H,4-7,9,17H2,1-3H3. The normalized spacial score (nSPS) is 18.1. The van der Waals surface area contributed by atoms with Crippen LogP contribution in [0.4, 0.5) is 0 Å². The van der Waals surface area contributed by atoms with Crippen molar-refractivity contribution in [3.05, 3.63) is 27.2 Å². The zero-order valence-corrected chi connectivity index (χ0v) is 13.1. The number of hydrogen-bond donors (Lipinski definition) is 1. The molecule has 0 bridgehead atoms. The average Bonchev–Trinajstić information content (AvgIpc) is 2.78. The summed E-state index contributed by atoms with van der Waals surface area (Å²) in [5, 5.41) is 0. The summed E-state index contributed by atoms with van der Waals surface area (Å²) in [6.45, 7) is 4.96. The number of benzene rings is 1. The third kappa shape index (κ3) is 2.08. The molecule has 0 radical (unpaired) electrons. The lowest BCUT2D eigenvalue weighted by Gasteiger charge is -2.32. The van der Waals surface area contributed by atoms with Crippen LogP contribution in [0.5, 0.6) is 5.75 Å². The van der Waals surface area contributed by atoms with Crippen LogP contribution >= 0.6 is 15.9 Å². The van der Waals surface area contributed by atoms with Gasteiger partial charge in [-0.05, 0) is 49.4 Å². The Morgan fingerprint density at radius 3 is 2.44 bits per heavy atom. The molecule has 1 aromatic rings. The molecule has 3 heteroatoms. The fourth-order valence-electron chi connectivity index (χ4n) is 3.49. The minimum absolute atomic E-state index is 0.143. The fraction of sp³-hybridized carbons (Fsp3) is 0.600. The van der Waals surface area contributed by atoms with Gasteiger partial charge in [0, 0.05) is 16.4 Å². The first-order valence-corrected chi connectivity index (χ1v) is 7.39. The second-order valence-electron chi connectivity index (χ2n) is 5.40. The van der Waals surface area contributed by atoms with Crippen molar-refractivity contribution < 1.29 is 4.74 Å². The van der Waals surface area contributed by atoms with Gasteiger partial charge in [-0.2, -0.15) is 0 Å². The molecule has 0 spiro atoms. The smallest absolute Gasteiger partial charge is 0.125 e. The second kappa shape index (κ2) is 5.22. The molecule has 1 fully saturated rings. The van der Waals surface area contributed by atoms with E-state index in [9.17, 15) is 0 Å². The van der Waals surface area contributed by atoms with E-state index >= 15 is 0 Å². The van der Waals surface area contributed by atoms with Crippen molar-refractivity contribution in [1.29, 1.82) is 0 Å². The predicted molar refractivity (Wildman–Crippen MR) is 79.4 cm³/mol. The molecule has 18 heavy (non-hydrogen) atoms. The van der Waals surface area contributed by atoms with Gasteiger partial charge < -0.3 is 10.5 Å². The lowest BCUT2D eigenvalue weighted by Crippen LogP contribution is -2.33. The summed E-state index contributed by atoms with van der Waals surface area (Å²) in [6.07, 6.45) is 4.93. The number of hydrogen-bond acceptors (Lipinski definition) is 2. The lowest BCUT2D eigenvalue weighted by atomic mass is 9.76. The van der Waals surface area contributed by atoms with E-state index in [-0.39, 0.29) is 5.41 Å². The highest BCUT2D eigenvalue weighted by Gasteiger charge is 2.37. The Bertz CT molecular complexity index is 450. The highest BCUT2D eigenvalue weighted by molar-refractivity contribution is 9.10. The molecule has 2 N–H and O–H groups in total. The topological polar surface area (TPSA) is 35.2 Å². The average molecular weight is 312 g/mol. The van der Waals surface area contributed by atoms with Gasteiger partial charge in [-0.3, -0.25) is 0 Å². The van der Waals surface area contributed by atoms with Crippen molar-refractivity contribution in [2.45, 2.75) is 44.9 Å². The summed E-state index contributed by atoms with van der Waals surface area (Å²) in [5.41, 5.74) is 10.0. The van der Waals surface area contributed by atoms with Crippen LogP contribution in [-0.2, 0) is 5.41 Å². The van der Waals surface area contributed by atoms with Crippen LogP contribution in [0, 0.1) is 13.8 Å². The van der Waals surface area contributed by atoms with Gasteiger partial charge in [0.25, 0.3) is 0 Å². The van der Waals surface area contributed by atoms with Crippen LogP contribution < -0.4 is 10.5 Å². The van der Waals surface area contributed by atoms with Gasteiger partial charge in [0.05, 0.1) is 7.11 Å². The Morgan fingerprint density at radius 2 is 1.94 bits per heavy atom. The summed E-state index contributed by atoms with van der Waals surface area (Å²) < 4.78 is 6.74. The minimum atomic E-state index is 0.143. The quantitative estimate of drug-likeness (QED) is 0.920. The van der Waals surface area contributed by atoms with Crippen LogP contribution in [0.1, 0.15) is 42.4 Å². The van der Waals surface area contributed by atoms with E-state index in [0.717, 1.165) is 12.3 Å². The summed E-state index contributed by atoms with van der Waals surface area (Å²) >= 11 is 3.74. The monoisotopic (exact) mass is 311 g/mol. The number of ether oxygens (including phenoxy) is 1. The maximum atomic E-state index is 6.11. The van der Waals surface area contributed by atoms with Gasteiger partial charge in [0.15, 0.2) is 0 Å². The zero-order valence-electron chi connectivity index (χ0n) is 11.5. The van der Waals surface area contributed by atoms with E-state index in [1.165, 1.54) is 46.8 Å². The van der Waals surface area contributed by atoms with Crippen molar-refractivity contribution in [3.8, 4) is 5.75 Å². The summed E-state index contributed by atoms with van der Waals surface area (Å²) in [6, 6.07) is 2.16. The molecule has 2 rings (SSSR count). The van der Waals surface area contributed by atoms with Gasteiger partial charge >= 0.3 is 0 Å². The molecule has 1 aliphatic carbocycles. The molecule has 0 aromatic heterocycles. The Hall–Kier alpha value is -0.540. The molecule has 0 unspecified atom stereocenters. The maximum Gasteiger partial charge on any atom is 0.125 e. The molecule has 0 amide bonds. The first-order valence-electron chi connectivity index (χ1n) is 6.60. The summed E-state index contributed by atoms with van der Waals surface area (Å²) in [5.74, 6) is 1.01. The first kappa shape index (κ1) is 13.9. The van der Waals surface area contributed by atoms with Crippen LogP contribution in [0.3, 0.4) is 0 Å². The lowest BCUT2D eigenvalue weighted by molar-refractivity contribution is 0.399. The van der Waals surface area contributed by atoms with Gasteiger partial charge in [-0.1, -0.05) is 28.8 Å². The van der Waals surface area contributed by atoms with E-state index in [1.54, 1.807) is 7.11 Å². The molecule has 2 nitrogen and oxygen atoms in total. The molecule has 0 aliphatic heterocycles. The maximum absolute atomic E-state index is 6.11. The highest BCUT2D eigenvalue weighted by atomic mass is 79.9. The first-order chi connectivity index (χ1) is 8.55. The van der Waals surface area contributed by atoms with E-state index in [4.69, 9.17) is 10.5 Å². The van der Waals surface area contributed by atoms with E-state index < -0.39 is 0 Å². The highest BCUT2D eigenvalue weighted by Crippen LogP contribution is 2.47. The molecule has 1 saturated carbocycles. The van der Waals surface area contributed by atoms with Crippen LogP contribution in [0.15, 0.2) is 10.5 Å². The van der Waals surface area contributed by atoms with Crippen molar-refractivity contribution >= 4 is 15.9 Å². The van der Waals surface area contributed by atoms with Crippen molar-refractivity contribution in [2.75, 3.05) is 13.7 Å². The van der Waals surface area contributed by atoms with E-state index in [2.05, 4.69) is 35.8 Å². The minimum Gasteiger partial charge on any atom is -0.496 e. The molecular weight excluding hydrogens is 290 g/mol. The Kier molecular flexibility index (Phi) is 4.02. The molecule has 0 heterocycles. The van der Waals surface area contributed by atoms with Crippen molar-refractivity contribution in [2.24, 2.45) is 5.73 Å². The fourth-order valence-corrected chi connectivity index (χ4v) is 4.55. The number of methoxy groups -OCH3 is 1. The predicted octanol–water partition coefficient (Wildman–Crippen LogP) is 3.85. The Morgan fingerprint density at radius 1 is 1.33 bits per heavy atom. The van der Waals surface area contributed by atoms with Crippen molar-refractivity contribution in [3.63, 3.8) is 0 Å². The molecule has 0 saturated heterocycles. The third-order valence-corrected chi connectivity index (χ3v) is 4.97. The number of halogens is 1. The van der Waals surface area contributed by atoms with Gasteiger partial charge in [0.1, 0.15) is 5.75 Å². The van der Waals surface area contributed by atoms with Gasteiger partial charge in [-0.15, -0.1) is 0 Å². The molecule has 0 atom stereocenters. The largest absolute Gasteiger partial charge is 0.496 e. The molecule has 1 aromatic carbocycles. The summed E-state index contributed by atoms with van der Waals surface area (Å²) in [7, 11) is 1.75. The van der Waals surface area contributed by atoms with Gasteiger partial charge in [0.2, 0.25) is 0 Å². The number of rotatable bonds is 3. The Balaban J connectivity index is 2.63.